The first-order valence-electron chi connectivity index (χ1n) is 13.5. The van der Waals surface area contributed by atoms with E-state index in [0.29, 0.717) is 23.2 Å². The normalized spacial score (nSPS) is 15.1. The van der Waals surface area contributed by atoms with Crippen molar-refractivity contribution in [3.05, 3.63) is 118 Å². The number of hydrogen-bond donors (Lipinski definition) is 1. The van der Waals surface area contributed by atoms with Gasteiger partial charge in [-0.15, -0.1) is 0 Å². The van der Waals surface area contributed by atoms with Gasteiger partial charge in [0.15, 0.2) is 29.0 Å². The number of amidine groups is 2. The van der Waals surface area contributed by atoms with Gasteiger partial charge in [0.25, 0.3) is 0 Å². The van der Waals surface area contributed by atoms with Gasteiger partial charge in [0.1, 0.15) is 0 Å². The molecule has 1 N–H and O–H groups in total. The van der Waals surface area contributed by atoms with E-state index in [1.807, 2.05) is 77.5 Å². The Morgan fingerprint density at radius 2 is 1.60 bits per heavy atom. The van der Waals surface area contributed by atoms with Crippen molar-refractivity contribution in [2.45, 2.75) is 13.0 Å². The molecule has 0 radical (unpaired) electrons. The van der Waals surface area contributed by atoms with Crippen LogP contribution in [-0.2, 0) is 0 Å². The number of rotatable bonds is 5. The molecule has 4 aromatic carbocycles. The van der Waals surface area contributed by atoms with E-state index < -0.39 is 0 Å². The molecule has 0 amide bonds. The minimum Gasteiger partial charge on any atom is -0.493 e. The molecule has 9 heteroatoms. The van der Waals surface area contributed by atoms with E-state index >= 15 is 0 Å². The first kappa shape index (κ1) is 26.0. The zero-order chi connectivity index (χ0) is 28.8. The predicted octanol–water partition coefficient (Wildman–Crippen LogP) is 7.76. The van der Waals surface area contributed by atoms with Crippen LogP contribution >= 0.6 is 15.9 Å². The minimum atomic E-state index is -0.207. The van der Waals surface area contributed by atoms with Crippen molar-refractivity contribution in [1.82, 2.24) is 9.78 Å². The fourth-order valence-electron chi connectivity index (χ4n) is 5.59. The number of ether oxygens (including phenoxy) is 2. The van der Waals surface area contributed by atoms with Crippen molar-refractivity contribution in [2.75, 3.05) is 24.4 Å². The van der Waals surface area contributed by atoms with Crippen molar-refractivity contribution in [3.63, 3.8) is 0 Å². The number of methoxy groups -OCH3 is 2. The Kier molecular flexibility index (Phi) is 6.51. The van der Waals surface area contributed by atoms with E-state index in [9.17, 15) is 0 Å². The first-order chi connectivity index (χ1) is 20.6. The molecule has 0 bridgehead atoms. The van der Waals surface area contributed by atoms with Crippen molar-refractivity contribution in [3.8, 4) is 17.2 Å². The van der Waals surface area contributed by atoms with Crippen LogP contribution in [-0.4, -0.2) is 35.7 Å². The maximum Gasteiger partial charge on any atom is 0.179 e. The number of nitrogens with one attached hydrogen (secondary N) is 1. The molecule has 42 heavy (non-hydrogen) atoms. The van der Waals surface area contributed by atoms with E-state index in [4.69, 9.17) is 24.6 Å². The number of anilines is 2. The first-order valence-corrected chi connectivity index (χ1v) is 14.3. The molecule has 0 saturated carbocycles. The van der Waals surface area contributed by atoms with Crippen LogP contribution in [0.2, 0.25) is 0 Å². The fraction of sp³-hybridized carbons (Fsp3) is 0.121. The molecule has 2 aliphatic rings. The van der Waals surface area contributed by atoms with Crippen molar-refractivity contribution in [2.24, 2.45) is 9.98 Å². The smallest absolute Gasteiger partial charge is 0.179 e. The van der Waals surface area contributed by atoms with Crippen molar-refractivity contribution >= 4 is 50.5 Å². The zero-order valence-corrected chi connectivity index (χ0v) is 24.8. The summed E-state index contributed by atoms with van der Waals surface area (Å²) in [6, 6.07) is 32.2. The number of hydrogen-bond acceptors (Lipinski definition) is 7. The third-order valence-electron chi connectivity index (χ3n) is 7.45. The third kappa shape index (κ3) is 4.33. The highest BCUT2D eigenvalue weighted by Crippen LogP contribution is 2.48. The average molecular weight is 620 g/mol. The van der Waals surface area contributed by atoms with Gasteiger partial charge >= 0.3 is 0 Å². The second-order valence-corrected chi connectivity index (χ2v) is 10.9. The zero-order valence-electron chi connectivity index (χ0n) is 23.2. The monoisotopic (exact) mass is 618 g/mol. The molecule has 2 aliphatic heterocycles. The fourth-order valence-corrected chi connectivity index (χ4v) is 6.01. The summed E-state index contributed by atoms with van der Waals surface area (Å²) in [5, 5.41) is 8.54. The number of nitrogens with zero attached hydrogens (tertiary/aromatic N) is 5. The molecule has 1 aromatic heterocycles. The second-order valence-electron chi connectivity index (χ2n) is 9.98. The van der Waals surface area contributed by atoms with E-state index in [1.54, 1.807) is 14.2 Å². The molecule has 0 unspecified atom stereocenters. The molecule has 5 aromatic rings. The number of para-hydroxylation sites is 3. The van der Waals surface area contributed by atoms with Crippen molar-refractivity contribution in [1.29, 1.82) is 0 Å². The molecule has 0 fully saturated rings. The number of aliphatic imine (C=N–C) groups is 2. The maximum absolute atomic E-state index is 5.57. The highest BCUT2D eigenvalue weighted by molar-refractivity contribution is 9.10. The van der Waals surface area contributed by atoms with Crippen molar-refractivity contribution < 1.29 is 9.47 Å². The second kappa shape index (κ2) is 10.5. The van der Waals surface area contributed by atoms with E-state index in [-0.39, 0.29) is 6.04 Å². The average Bonchev–Trinajstić information content (AvgIpc) is 3.36. The number of aryl methyl sites for hydroxylation is 1. The lowest BCUT2D eigenvalue weighted by Crippen LogP contribution is -2.46. The highest BCUT2D eigenvalue weighted by Gasteiger charge is 2.41. The van der Waals surface area contributed by atoms with Crippen LogP contribution in [0.1, 0.15) is 22.9 Å². The highest BCUT2D eigenvalue weighted by atomic mass is 79.9. The number of benzene rings is 4. The molecule has 0 spiro atoms. The van der Waals surface area contributed by atoms with Crippen LogP contribution in [0.3, 0.4) is 0 Å². The van der Waals surface area contributed by atoms with E-state index in [1.165, 1.54) is 0 Å². The molecule has 3 heterocycles. The quantitative estimate of drug-likeness (QED) is 0.218. The lowest BCUT2D eigenvalue weighted by Gasteiger charge is -2.40. The minimum absolute atomic E-state index is 0.207. The Hall–Kier alpha value is -4.89. The van der Waals surface area contributed by atoms with Crippen LogP contribution in [0.4, 0.5) is 22.9 Å². The van der Waals surface area contributed by atoms with Crippen LogP contribution in [0.25, 0.3) is 5.69 Å². The van der Waals surface area contributed by atoms with Gasteiger partial charge in [-0.2, -0.15) is 5.10 Å². The van der Waals surface area contributed by atoms with Gasteiger partial charge in [-0.3, -0.25) is 0 Å². The van der Waals surface area contributed by atoms with Crippen LogP contribution in [0, 0.1) is 6.92 Å². The number of aromatic nitrogens is 2. The summed E-state index contributed by atoms with van der Waals surface area (Å²) in [7, 11) is 3.25. The van der Waals surface area contributed by atoms with Gasteiger partial charge in [0.2, 0.25) is 0 Å². The summed E-state index contributed by atoms with van der Waals surface area (Å²) in [5.74, 6) is 3.35. The Labute approximate surface area is 252 Å². The molecule has 208 valence electrons. The molecule has 7 rings (SSSR count). The summed E-state index contributed by atoms with van der Waals surface area (Å²) in [6.07, 6.45) is 0. The maximum atomic E-state index is 5.57. The summed E-state index contributed by atoms with van der Waals surface area (Å²) >= 11 is 3.70. The lowest BCUT2D eigenvalue weighted by atomic mass is 9.93. The molecular formula is C33H27BrN6O2. The van der Waals surface area contributed by atoms with E-state index in [0.717, 1.165) is 49.9 Å². The standard InChI is InChI=1S/C33H27BrN6O2/c1-20-29-30(21-10-9-11-22(34)18-21)39-26-15-8-7-14-25(26)36-31(35-23-16-17-27(41-2)28(19-23)42-3)33(39)37-32(29)40(38-20)24-12-5-4-6-13-24/h4-19,30H,1-3H3,(H,35,36)/t30-/m0/s1. The van der Waals surface area contributed by atoms with E-state index in [2.05, 4.69) is 57.3 Å². The van der Waals surface area contributed by atoms with Gasteiger partial charge in [-0.25, -0.2) is 14.7 Å². The van der Waals surface area contributed by atoms with Crippen LogP contribution < -0.4 is 19.7 Å². The van der Waals surface area contributed by atoms with Gasteiger partial charge in [-0.05, 0) is 61.0 Å². The summed E-state index contributed by atoms with van der Waals surface area (Å²) < 4.78 is 13.9. The molecule has 8 nitrogen and oxygen atoms in total. The number of halogens is 1. The number of fused-ring (bicyclic) bond motifs is 4. The van der Waals surface area contributed by atoms with Crippen LogP contribution in [0.5, 0.6) is 11.5 Å². The Morgan fingerprint density at radius 3 is 2.38 bits per heavy atom. The lowest BCUT2D eigenvalue weighted by molar-refractivity contribution is 0.355. The largest absolute Gasteiger partial charge is 0.493 e. The van der Waals surface area contributed by atoms with Gasteiger partial charge in [0.05, 0.1) is 43.0 Å². The summed E-state index contributed by atoms with van der Waals surface area (Å²) in [6.45, 7) is 2.05. The van der Waals surface area contributed by atoms with Gasteiger partial charge < -0.3 is 19.7 Å². The topological polar surface area (TPSA) is 76.3 Å². The summed E-state index contributed by atoms with van der Waals surface area (Å²) in [4.78, 5) is 12.6. The summed E-state index contributed by atoms with van der Waals surface area (Å²) in [5.41, 5.74) is 6.61. The molecule has 1 atom stereocenters. The Bertz CT molecular complexity index is 1880. The predicted molar refractivity (Wildman–Crippen MR) is 171 cm³/mol. The SMILES string of the molecule is COc1ccc(NC2=Nc3ccccc3N3C2=Nc2c(c(C)nn2-c2ccccc2)[C@@H]3c2cccc(Br)c2)cc1OC. The molecule has 0 saturated heterocycles. The van der Waals surface area contributed by atoms with Gasteiger partial charge in [0, 0.05) is 21.8 Å². The third-order valence-corrected chi connectivity index (χ3v) is 7.94. The Morgan fingerprint density at radius 1 is 0.810 bits per heavy atom. The Balaban J connectivity index is 1.47. The molecular weight excluding hydrogens is 592 g/mol. The molecule has 0 aliphatic carbocycles. The van der Waals surface area contributed by atoms with Crippen LogP contribution in [0.15, 0.2) is 112 Å². The van der Waals surface area contributed by atoms with Gasteiger partial charge in [-0.1, -0.05) is 58.4 Å².